The lowest BCUT2D eigenvalue weighted by atomic mass is 10.2. The van der Waals surface area contributed by atoms with Crippen LogP contribution in [0.15, 0.2) is 72.4 Å². The van der Waals surface area contributed by atoms with E-state index >= 15 is 0 Å². The Bertz CT molecular complexity index is 1070. The van der Waals surface area contributed by atoms with Gasteiger partial charge in [0, 0.05) is 18.1 Å². The summed E-state index contributed by atoms with van der Waals surface area (Å²) in [4.78, 5) is 20.7. The predicted molar refractivity (Wildman–Crippen MR) is 112 cm³/mol. The quantitative estimate of drug-likeness (QED) is 0.390. The third-order valence-electron chi connectivity index (χ3n) is 4.11. The van der Waals surface area contributed by atoms with Crippen LogP contribution in [0.1, 0.15) is 12.5 Å². The number of carbonyl (C=O) groups is 1. The van der Waals surface area contributed by atoms with Crippen molar-refractivity contribution in [1.29, 1.82) is 0 Å². The Morgan fingerprint density at radius 1 is 1.21 bits per heavy atom. The summed E-state index contributed by atoms with van der Waals surface area (Å²) in [5.74, 6) is -0.231. The highest BCUT2D eigenvalue weighted by molar-refractivity contribution is 7.22. The van der Waals surface area contributed by atoms with Gasteiger partial charge in [0.25, 0.3) is 5.91 Å². The van der Waals surface area contributed by atoms with Crippen molar-refractivity contribution in [3.05, 3.63) is 72.8 Å². The van der Waals surface area contributed by atoms with Crippen molar-refractivity contribution in [3.63, 3.8) is 0 Å². The Balaban J connectivity index is 1.32. The lowest BCUT2D eigenvalue weighted by Gasteiger charge is -2.10. The molecule has 2 aromatic heterocycles. The second-order valence-corrected chi connectivity index (χ2v) is 7.18. The van der Waals surface area contributed by atoms with Crippen LogP contribution in [0, 0.1) is 0 Å². The van der Waals surface area contributed by atoms with Gasteiger partial charge in [-0.2, -0.15) is 5.10 Å². The molecule has 1 atom stereocenters. The minimum atomic E-state index is -0.457. The van der Waals surface area contributed by atoms with Gasteiger partial charge in [-0.25, -0.2) is 15.4 Å². The van der Waals surface area contributed by atoms with E-state index in [1.807, 2.05) is 59.3 Å². The SMILES string of the molecule is C[C@H](Nc1nc2ccccc2s1)C(=O)N/N=C\c1ccc(-n2ccnc2)cc1. The number of para-hydroxylation sites is 1. The molecule has 2 aromatic carbocycles. The number of rotatable bonds is 6. The zero-order valence-corrected chi connectivity index (χ0v) is 15.9. The van der Waals surface area contributed by atoms with E-state index in [0.717, 1.165) is 21.5 Å². The molecule has 140 valence electrons. The first-order chi connectivity index (χ1) is 13.7. The van der Waals surface area contributed by atoms with E-state index in [0.29, 0.717) is 5.13 Å². The third kappa shape index (κ3) is 4.07. The van der Waals surface area contributed by atoms with Crippen LogP contribution in [0.5, 0.6) is 0 Å². The number of imidazole rings is 1. The Morgan fingerprint density at radius 3 is 2.79 bits per heavy atom. The molecule has 0 aliphatic heterocycles. The van der Waals surface area contributed by atoms with Crippen LogP contribution < -0.4 is 10.7 Å². The number of anilines is 1. The summed E-state index contributed by atoms with van der Waals surface area (Å²) < 4.78 is 2.99. The minimum Gasteiger partial charge on any atom is -0.350 e. The summed E-state index contributed by atoms with van der Waals surface area (Å²) in [5, 5.41) is 7.87. The zero-order chi connectivity index (χ0) is 19.3. The van der Waals surface area contributed by atoms with Crippen molar-refractivity contribution in [2.24, 2.45) is 5.10 Å². The molecule has 28 heavy (non-hydrogen) atoms. The van der Waals surface area contributed by atoms with E-state index in [1.165, 1.54) is 11.3 Å². The van der Waals surface area contributed by atoms with Crippen molar-refractivity contribution in [2.45, 2.75) is 13.0 Å². The van der Waals surface area contributed by atoms with E-state index in [9.17, 15) is 4.79 Å². The van der Waals surface area contributed by atoms with Gasteiger partial charge in [-0.15, -0.1) is 0 Å². The van der Waals surface area contributed by atoms with Gasteiger partial charge in [-0.05, 0) is 36.8 Å². The lowest BCUT2D eigenvalue weighted by Crippen LogP contribution is -2.34. The van der Waals surface area contributed by atoms with Crippen LogP contribution in [0.25, 0.3) is 15.9 Å². The number of hydrogen-bond donors (Lipinski definition) is 2. The summed E-state index contributed by atoms with van der Waals surface area (Å²) in [6.45, 7) is 1.77. The fourth-order valence-electron chi connectivity index (χ4n) is 2.60. The second kappa shape index (κ2) is 8.01. The van der Waals surface area contributed by atoms with Gasteiger partial charge in [0.1, 0.15) is 6.04 Å². The monoisotopic (exact) mass is 390 g/mol. The Labute approximate surface area is 165 Å². The molecule has 0 bridgehead atoms. The molecule has 0 aliphatic carbocycles. The first kappa shape index (κ1) is 17.9. The van der Waals surface area contributed by atoms with Crippen molar-refractivity contribution in [3.8, 4) is 5.69 Å². The van der Waals surface area contributed by atoms with Crippen LogP contribution in [0.3, 0.4) is 0 Å². The molecule has 0 saturated heterocycles. The van der Waals surface area contributed by atoms with Crippen molar-refractivity contribution in [2.75, 3.05) is 5.32 Å². The topological polar surface area (TPSA) is 84.2 Å². The number of aromatic nitrogens is 3. The van der Waals surface area contributed by atoms with E-state index < -0.39 is 6.04 Å². The summed E-state index contributed by atoms with van der Waals surface area (Å²) >= 11 is 1.52. The average molecular weight is 390 g/mol. The highest BCUT2D eigenvalue weighted by Gasteiger charge is 2.14. The van der Waals surface area contributed by atoms with Gasteiger partial charge in [0.15, 0.2) is 5.13 Å². The van der Waals surface area contributed by atoms with Gasteiger partial charge < -0.3 is 9.88 Å². The molecular formula is C20H18N6OS. The third-order valence-corrected chi connectivity index (χ3v) is 5.08. The number of fused-ring (bicyclic) bond motifs is 1. The Hall–Kier alpha value is -3.52. The maximum Gasteiger partial charge on any atom is 0.262 e. The predicted octanol–water partition coefficient (Wildman–Crippen LogP) is 3.43. The van der Waals surface area contributed by atoms with Crippen LogP contribution in [-0.2, 0) is 4.79 Å². The number of hydrogen-bond acceptors (Lipinski definition) is 6. The molecule has 2 heterocycles. The Morgan fingerprint density at radius 2 is 2.04 bits per heavy atom. The van der Waals surface area contributed by atoms with Gasteiger partial charge in [-0.1, -0.05) is 35.6 Å². The van der Waals surface area contributed by atoms with Crippen LogP contribution in [0.4, 0.5) is 5.13 Å². The first-order valence-corrected chi connectivity index (χ1v) is 9.54. The van der Waals surface area contributed by atoms with E-state index in [1.54, 1.807) is 25.7 Å². The number of benzene rings is 2. The summed E-state index contributed by atoms with van der Waals surface area (Å²) in [6.07, 6.45) is 6.96. The van der Waals surface area contributed by atoms with Gasteiger partial charge in [0.05, 0.1) is 22.8 Å². The second-order valence-electron chi connectivity index (χ2n) is 6.15. The summed E-state index contributed by atoms with van der Waals surface area (Å²) in [6, 6.07) is 15.2. The fraction of sp³-hybridized carbons (Fsp3) is 0.100. The maximum absolute atomic E-state index is 12.2. The average Bonchev–Trinajstić information content (AvgIpc) is 3.38. The molecule has 4 rings (SSSR count). The number of hydrazone groups is 1. The number of carbonyl (C=O) groups excluding carboxylic acids is 1. The minimum absolute atomic E-state index is 0.231. The van der Waals surface area contributed by atoms with Gasteiger partial charge in [-0.3, -0.25) is 4.79 Å². The lowest BCUT2D eigenvalue weighted by molar-refractivity contribution is -0.121. The molecule has 0 aliphatic rings. The van der Waals surface area contributed by atoms with Gasteiger partial charge >= 0.3 is 0 Å². The summed E-state index contributed by atoms with van der Waals surface area (Å²) in [5.41, 5.74) is 5.37. The Kier molecular flexibility index (Phi) is 5.11. The van der Waals surface area contributed by atoms with Crippen molar-refractivity contribution < 1.29 is 4.79 Å². The highest BCUT2D eigenvalue weighted by atomic mass is 32.1. The molecule has 1 amide bonds. The molecule has 0 radical (unpaired) electrons. The molecular weight excluding hydrogens is 372 g/mol. The van der Waals surface area contributed by atoms with Crippen molar-refractivity contribution >= 4 is 38.8 Å². The number of amides is 1. The normalized spacial score (nSPS) is 12.3. The molecule has 0 saturated carbocycles. The first-order valence-electron chi connectivity index (χ1n) is 8.72. The number of thiazole rings is 1. The summed E-state index contributed by atoms with van der Waals surface area (Å²) in [7, 11) is 0. The smallest absolute Gasteiger partial charge is 0.262 e. The fourth-order valence-corrected chi connectivity index (χ4v) is 3.55. The van der Waals surface area contributed by atoms with Gasteiger partial charge in [0.2, 0.25) is 0 Å². The van der Waals surface area contributed by atoms with Crippen molar-refractivity contribution in [1.82, 2.24) is 20.0 Å². The van der Waals surface area contributed by atoms with Crippen LogP contribution >= 0.6 is 11.3 Å². The molecule has 0 unspecified atom stereocenters. The zero-order valence-electron chi connectivity index (χ0n) is 15.1. The standard InChI is InChI=1S/C20H18N6OS/c1-14(23-20-24-17-4-2-3-5-18(17)28-20)19(27)25-22-12-15-6-8-16(9-7-15)26-11-10-21-13-26/h2-14H,1H3,(H,23,24)(H,25,27)/b22-12-/t14-/m0/s1. The molecule has 8 heteroatoms. The molecule has 0 spiro atoms. The number of nitrogens with zero attached hydrogens (tertiary/aromatic N) is 4. The number of nitrogens with one attached hydrogen (secondary N) is 2. The molecule has 2 N–H and O–H groups in total. The highest BCUT2D eigenvalue weighted by Crippen LogP contribution is 2.25. The van der Waals surface area contributed by atoms with E-state index in [4.69, 9.17) is 0 Å². The van der Waals surface area contributed by atoms with E-state index in [-0.39, 0.29) is 5.91 Å². The maximum atomic E-state index is 12.2. The molecule has 0 fully saturated rings. The van der Waals surface area contributed by atoms with Crippen LogP contribution in [-0.4, -0.2) is 32.7 Å². The van der Waals surface area contributed by atoms with Crippen LogP contribution in [0.2, 0.25) is 0 Å². The van der Waals surface area contributed by atoms with E-state index in [2.05, 4.69) is 25.8 Å². The largest absolute Gasteiger partial charge is 0.350 e. The molecule has 4 aromatic rings. The molecule has 7 nitrogen and oxygen atoms in total.